The van der Waals surface area contributed by atoms with E-state index in [0.717, 1.165) is 31.8 Å². The molecule has 132 valence electrons. The molecule has 0 bridgehead atoms. The van der Waals surface area contributed by atoms with E-state index in [4.69, 9.17) is 9.84 Å². The number of aliphatic carboxylic acids is 2. The first-order valence-corrected chi connectivity index (χ1v) is 8.18. The van der Waals surface area contributed by atoms with Crippen molar-refractivity contribution in [1.29, 1.82) is 0 Å². The number of hydrogen-bond acceptors (Lipinski definition) is 4. The van der Waals surface area contributed by atoms with E-state index < -0.39 is 23.5 Å². The second kappa shape index (κ2) is 11.7. The summed E-state index contributed by atoms with van der Waals surface area (Å²) in [5.41, 5.74) is -1.48. The van der Waals surface area contributed by atoms with Crippen LogP contribution >= 0.6 is 0 Å². The van der Waals surface area contributed by atoms with E-state index in [-0.39, 0.29) is 19.3 Å². The predicted octanol–water partition coefficient (Wildman–Crippen LogP) is 3.54. The van der Waals surface area contributed by atoms with Crippen LogP contribution in [-0.4, -0.2) is 33.7 Å². The van der Waals surface area contributed by atoms with Crippen molar-refractivity contribution in [2.75, 3.05) is 0 Å². The molecule has 0 spiro atoms. The predicted molar refractivity (Wildman–Crippen MR) is 86.1 cm³/mol. The van der Waals surface area contributed by atoms with Gasteiger partial charge in [-0.15, -0.1) is 0 Å². The van der Waals surface area contributed by atoms with E-state index in [2.05, 4.69) is 6.58 Å². The number of unbranched alkanes of at least 4 members (excludes halogenated alkanes) is 5. The summed E-state index contributed by atoms with van der Waals surface area (Å²) in [5.74, 6) is -2.64. The van der Waals surface area contributed by atoms with Gasteiger partial charge < -0.3 is 14.9 Å². The topological polar surface area (TPSA) is 101 Å². The van der Waals surface area contributed by atoms with Crippen LogP contribution in [0.4, 0.5) is 0 Å². The van der Waals surface area contributed by atoms with Crippen molar-refractivity contribution in [3.05, 3.63) is 12.7 Å². The Morgan fingerprint density at radius 3 is 2.09 bits per heavy atom. The van der Waals surface area contributed by atoms with Crippen molar-refractivity contribution in [1.82, 2.24) is 0 Å². The van der Waals surface area contributed by atoms with Crippen LogP contribution < -0.4 is 0 Å². The first-order chi connectivity index (χ1) is 10.9. The number of carboxylic acids is 2. The molecule has 0 aromatic rings. The van der Waals surface area contributed by atoms with E-state index >= 15 is 0 Å². The Labute approximate surface area is 137 Å². The van der Waals surface area contributed by atoms with Gasteiger partial charge in [0.1, 0.15) is 0 Å². The summed E-state index contributed by atoms with van der Waals surface area (Å²) in [7, 11) is 0. The molecule has 2 N–H and O–H groups in total. The second-order valence-electron chi connectivity index (χ2n) is 5.69. The molecule has 6 heteroatoms. The largest absolute Gasteiger partial charge is 0.481 e. The number of rotatable bonds is 14. The highest BCUT2D eigenvalue weighted by molar-refractivity contribution is 5.86. The van der Waals surface area contributed by atoms with E-state index in [1.807, 2.05) is 6.92 Å². The van der Waals surface area contributed by atoms with Crippen molar-refractivity contribution < 1.29 is 29.3 Å². The smallest absolute Gasteiger partial charge is 0.348 e. The average molecular weight is 328 g/mol. The van der Waals surface area contributed by atoms with Gasteiger partial charge in [0.25, 0.3) is 0 Å². The molecule has 0 saturated heterocycles. The lowest BCUT2D eigenvalue weighted by atomic mass is 9.90. The van der Waals surface area contributed by atoms with Gasteiger partial charge in [0.15, 0.2) is 0 Å². The molecule has 0 amide bonds. The van der Waals surface area contributed by atoms with Crippen LogP contribution in [0.3, 0.4) is 0 Å². The van der Waals surface area contributed by atoms with Crippen LogP contribution in [0.5, 0.6) is 0 Å². The van der Waals surface area contributed by atoms with Crippen molar-refractivity contribution >= 4 is 17.9 Å². The molecular formula is C17H28O6. The normalized spacial score (nSPS) is 13.1. The third-order valence-corrected chi connectivity index (χ3v) is 3.76. The molecule has 1 unspecified atom stereocenters. The lowest BCUT2D eigenvalue weighted by Gasteiger charge is -2.29. The Balaban J connectivity index is 4.44. The van der Waals surface area contributed by atoms with Crippen LogP contribution in [0.25, 0.3) is 0 Å². The Morgan fingerprint density at radius 2 is 1.57 bits per heavy atom. The first kappa shape index (κ1) is 21.1. The number of carboxylic acid groups (broad SMARTS) is 2. The second-order valence-corrected chi connectivity index (χ2v) is 5.69. The number of carbonyl (C=O) groups is 3. The van der Waals surface area contributed by atoms with Gasteiger partial charge in [-0.25, -0.2) is 9.59 Å². The summed E-state index contributed by atoms with van der Waals surface area (Å²) < 4.78 is 5.18. The molecule has 0 rings (SSSR count). The minimum absolute atomic E-state index is 0.159. The lowest BCUT2D eigenvalue weighted by molar-refractivity contribution is -0.177. The molecule has 0 saturated carbocycles. The Kier molecular flexibility index (Phi) is 10.7. The van der Waals surface area contributed by atoms with Crippen LogP contribution in [0.1, 0.15) is 71.1 Å². The number of ether oxygens (including phenoxy) is 1. The maximum absolute atomic E-state index is 11.6. The molecule has 0 aromatic carbocycles. The van der Waals surface area contributed by atoms with Gasteiger partial charge in [-0.3, -0.25) is 4.79 Å². The fraction of sp³-hybridized carbons (Fsp3) is 0.706. The molecule has 6 nitrogen and oxygen atoms in total. The fourth-order valence-electron chi connectivity index (χ4n) is 2.40. The maximum Gasteiger partial charge on any atom is 0.348 e. The zero-order valence-electron chi connectivity index (χ0n) is 13.9. The Bertz CT molecular complexity index is 404. The molecule has 0 aromatic heterocycles. The zero-order chi connectivity index (χ0) is 17.7. The zero-order valence-corrected chi connectivity index (χ0v) is 13.9. The molecule has 0 heterocycles. The highest BCUT2D eigenvalue weighted by atomic mass is 16.6. The Hall–Kier alpha value is -1.85. The van der Waals surface area contributed by atoms with Crippen molar-refractivity contribution in [2.24, 2.45) is 0 Å². The van der Waals surface area contributed by atoms with Crippen LogP contribution in [0.15, 0.2) is 12.7 Å². The minimum Gasteiger partial charge on any atom is -0.481 e. The summed E-state index contributed by atoms with van der Waals surface area (Å²) in [6, 6.07) is 0. The number of carbonyl (C=O) groups excluding carboxylic acids is 1. The molecule has 1 atom stereocenters. The summed E-state index contributed by atoms with van der Waals surface area (Å²) in [6.45, 7) is 5.26. The highest BCUT2D eigenvalue weighted by Gasteiger charge is 2.41. The van der Waals surface area contributed by atoms with Gasteiger partial charge in [-0.05, 0) is 32.1 Å². The molecule has 0 radical (unpaired) electrons. The van der Waals surface area contributed by atoms with Gasteiger partial charge in [0.2, 0.25) is 5.60 Å². The van der Waals surface area contributed by atoms with E-state index in [9.17, 15) is 19.5 Å². The third-order valence-electron chi connectivity index (χ3n) is 3.76. The van der Waals surface area contributed by atoms with Crippen molar-refractivity contribution in [3.8, 4) is 0 Å². The molecule has 0 aliphatic heterocycles. The quantitative estimate of drug-likeness (QED) is 0.287. The molecule has 0 fully saturated rings. The van der Waals surface area contributed by atoms with Gasteiger partial charge in [0, 0.05) is 12.5 Å². The summed E-state index contributed by atoms with van der Waals surface area (Å²) >= 11 is 0. The molecular weight excluding hydrogens is 300 g/mol. The summed E-state index contributed by atoms with van der Waals surface area (Å²) in [6.07, 6.45) is 6.84. The third kappa shape index (κ3) is 9.01. The standard InChI is InChI=1S/C17H28O6/c1-3-5-12-17(16(21)22,23-15(20)4-2)13-10-8-6-7-9-11-14(18)19/h4H,2-3,5-13H2,1H3,(H,18,19)(H,21,22). The fourth-order valence-corrected chi connectivity index (χ4v) is 2.40. The van der Waals surface area contributed by atoms with Gasteiger partial charge in [-0.2, -0.15) is 0 Å². The summed E-state index contributed by atoms with van der Waals surface area (Å²) in [4.78, 5) is 33.5. The molecule has 0 aliphatic carbocycles. The highest BCUT2D eigenvalue weighted by Crippen LogP contribution is 2.27. The summed E-state index contributed by atoms with van der Waals surface area (Å²) in [5, 5.41) is 18.1. The first-order valence-electron chi connectivity index (χ1n) is 8.18. The minimum atomic E-state index is -1.48. The van der Waals surface area contributed by atoms with E-state index in [0.29, 0.717) is 19.3 Å². The Morgan fingerprint density at radius 1 is 1.00 bits per heavy atom. The number of esters is 1. The molecule has 0 aliphatic rings. The SMILES string of the molecule is C=CC(=O)OC(CCCC)(CCCCCCCC(=O)O)C(=O)O. The van der Waals surface area contributed by atoms with Crippen molar-refractivity contribution in [3.63, 3.8) is 0 Å². The van der Waals surface area contributed by atoms with Crippen LogP contribution in [-0.2, 0) is 19.1 Å². The monoisotopic (exact) mass is 328 g/mol. The number of hydrogen-bond donors (Lipinski definition) is 2. The molecule has 23 heavy (non-hydrogen) atoms. The van der Waals surface area contributed by atoms with Gasteiger partial charge in [-0.1, -0.05) is 39.2 Å². The van der Waals surface area contributed by atoms with Gasteiger partial charge >= 0.3 is 17.9 Å². The van der Waals surface area contributed by atoms with Crippen LogP contribution in [0, 0.1) is 0 Å². The van der Waals surface area contributed by atoms with Crippen molar-refractivity contribution in [2.45, 2.75) is 76.7 Å². The van der Waals surface area contributed by atoms with Gasteiger partial charge in [0.05, 0.1) is 0 Å². The van der Waals surface area contributed by atoms with E-state index in [1.165, 1.54) is 0 Å². The van der Waals surface area contributed by atoms with Crippen LogP contribution in [0.2, 0.25) is 0 Å². The average Bonchev–Trinajstić information content (AvgIpc) is 2.50. The van der Waals surface area contributed by atoms with E-state index in [1.54, 1.807) is 0 Å². The maximum atomic E-state index is 11.6. The lowest BCUT2D eigenvalue weighted by Crippen LogP contribution is -2.43.